The number of nitro groups is 1. The summed E-state index contributed by atoms with van der Waals surface area (Å²) in [5.74, 6) is -0.812. The zero-order valence-corrected chi connectivity index (χ0v) is 10.7. The van der Waals surface area contributed by atoms with Crippen LogP contribution in [0.3, 0.4) is 0 Å². The number of hydrogen-bond donors (Lipinski definition) is 1. The summed E-state index contributed by atoms with van der Waals surface area (Å²) in [6, 6.07) is 0.00885. The summed E-state index contributed by atoms with van der Waals surface area (Å²) in [5, 5.41) is 10.9. The number of aromatic amines is 1. The Morgan fingerprint density at radius 1 is 1.47 bits per heavy atom. The minimum absolute atomic E-state index is 0.00885. The van der Waals surface area contributed by atoms with Gasteiger partial charge < -0.3 is 19.8 Å². The van der Waals surface area contributed by atoms with Crippen LogP contribution in [0.5, 0.6) is 6.01 Å². The summed E-state index contributed by atoms with van der Waals surface area (Å²) in [6.07, 6.45) is 2.92. The average Bonchev–Trinajstić information content (AvgIpc) is 2.83. The van der Waals surface area contributed by atoms with Gasteiger partial charge in [-0.25, -0.2) is 0 Å². The summed E-state index contributed by atoms with van der Waals surface area (Å²) in [6.45, 7) is 3.29. The van der Waals surface area contributed by atoms with E-state index in [9.17, 15) is 14.9 Å². The molecule has 19 heavy (non-hydrogen) atoms. The number of nitrogens with one attached hydrogen (secondary N) is 1. The van der Waals surface area contributed by atoms with Gasteiger partial charge >= 0.3 is 11.8 Å². The molecule has 1 N–H and O–H groups in total. The second-order valence-electron chi connectivity index (χ2n) is 4.28. The second kappa shape index (κ2) is 5.68. The van der Waals surface area contributed by atoms with Gasteiger partial charge in [0, 0.05) is 13.1 Å². The van der Waals surface area contributed by atoms with E-state index >= 15 is 0 Å². The Labute approximate surface area is 109 Å². The van der Waals surface area contributed by atoms with Crippen molar-refractivity contribution in [1.29, 1.82) is 0 Å². The molecule has 1 aliphatic heterocycles. The smallest absolute Gasteiger partial charge is 0.389 e. The summed E-state index contributed by atoms with van der Waals surface area (Å²) in [7, 11) is 0. The molecule has 1 amide bonds. The van der Waals surface area contributed by atoms with Crippen molar-refractivity contribution in [2.24, 2.45) is 0 Å². The molecule has 0 aromatic carbocycles. The number of aromatic nitrogens is 2. The summed E-state index contributed by atoms with van der Waals surface area (Å²) in [4.78, 5) is 30.4. The first-order valence-electron chi connectivity index (χ1n) is 6.30. The van der Waals surface area contributed by atoms with Gasteiger partial charge in [0.25, 0.3) is 5.91 Å². The third-order valence-electron chi connectivity index (χ3n) is 2.97. The van der Waals surface area contributed by atoms with Crippen molar-refractivity contribution in [3.05, 3.63) is 15.8 Å². The van der Waals surface area contributed by atoms with Crippen molar-refractivity contribution in [1.82, 2.24) is 14.9 Å². The summed E-state index contributed by atoms with van der Waals surface area (Å²) < 4.78 is 5.07. The highest BCUT2D eigenvalue weighted by molar-refractivity contribution is 5.95. The standard InChI is InChI=1S/C11H16N4O4/c1-2-19-11-12-8(9(13-11)15(17)18)10(16)14-6-4-3-5-7-14/h2-7H2,1H3,(H,12,13). The lowest BCUT2D eigenvalue weighted by Crippen LogP contribution is -2.36. The average molecular weight is 268 g/mol. The molecule has 1 saturated heterocycles. The molecule has 1 fully saturated rings. The molecule has 0 saturated carbocycles. The van der Waals surface area contributed by atoms with Crippen molar-refractivity contribution >= 4 is 11.7 Å². The van der Waals surface area contributed by atoms with E-state index in [0.717, 1.165) is 19.3 Å². The highest BCUT2D eigenvalue weighted by atomic mass is 16.6. The molecule has 8 heteroatoms. The number of H-pyrrole nitrogens is 1. The molecule has 104 valence electrons. The number of ether oxygens (including phenoxy) is 1. The van der Waals surface area contributed by atoms with Crippen molar-refractivity contribution in [3.63, 3.8) is 0 Å². The number of amides is 1. The van der Waals surface area contributed by atoms with Crippen LogP contribution in [-0.2, 0) is 0 Å². The maximum absolute atomic E-state index is 12.2. The van der Waals surface area contributed by atoms with Crippen LogP contribution in [0, 0.1) is 10.1 Å². The fourth-order valence-corrected chi connectivity index (χ4v) is 2.08. The molecule has 0 spiro atoms. The first-order chi connectivity index (χ1) is 9.13. The zero-order valence-electron chi connectivity index (χ0n) is 10.7. The first kappa shape index (κ1) is 13.3. The lowest BCUT2D eigenvalue weighted by Gasteiger charge is -2.25. The monoisotopic (exact) mass is 268 g/mol. The normalized spacial score (nSPS) is 15.3. The van der Waals surface area contributed by atoms with Gasteiger partial charge in [-0.3, -0.25) is 4.79 Å². The van der Waals surface area contributed by atoms with E-state index in [1.54, 1.807) is 11.8 Å². The molecular formula is C11H16N4O4. The van der Waals surface area contributed by atoms with Gasteiger partial charge in [0.1, 0.15) is 0 Å². The van der Waals surface area contributed by atoms with Crippen LogP contribution < -0.4 is 4.74 Å². The largest absolute Gasteiger partial charge is 0.448 e. The van der Waals surface area contributed by atoms with Crippen molar-refractivity contribution in [2.75, 3.05) is 19.7 Å². The Hall–Kier alpha value is -2.12. The molecular weight excluding hydrogens is 252 g/mol. The molecule has 8 nitrogen and oxygen atoms in total. The molecule has 1 aliphatic rings. The second-order valence-corrected chi connectivity index (χ2v) is 4.28. The minimum atomic E-state index is -0.646. The molecule has 0 radical (unpaired) electrons. The maximum atomic E-state index is 12.2. The number of likely N-dealkylation sites (tertiary alicyclic amines) is 1. The first-order valence-corrected chi connectivity index (χ1v) is 6.30. The van der Waals surface area contributed by atoms with Gasteiger partial charge in [0.15, 0.2) is 0 Å². The number of piperidine rings is 1. The summed E-state index contributed by atoms with van der Waals surface area (Å²) in [5.41, 5.74) is -0.171. The van der Waals surface area contributed by atoms with E-state index in [2.05, 4.69) is 9.97 Å². The van der Waals surface area contributed by atoms with Gasteiger partial charge in [-0.05, 0) is 31.1 Å². The van der Waals surface area contributed by atoms with E-state index in [1.165, 1.54) is 0 Å². The molecule has 1 aromatic heterocycles. The zero-order chi connectivity index (χ0) is 13.8. The van der Waals surface area contributed by atoms with E-state index in [1.807, 2.05) is 0 Å². The van der Waals surface area contributed by atoms with Crippen molar-refractivity contribution in [3.8, 4) is 6.01 Å². The minimum Gasteiger partial charge on any atom is -0.448 e. The number of hydrogen-bond acceptors (Lipinski definition) is 5. The van der Waals surface area contributed by atoms with Crippen LogP contribution in [-0.4, -0.2) is 45.4 Å². The van der Waals surface area contributed by atoms with Crippen molar-refractivity contribution in [2.45, 2.75) is 26.2 Å². The van der Waals surface area contributed by atoms with Crippen LogP contribution in [0.25, 0.3) is 0 Å². The van der Waals surface area contributed by atoms with E-state index in [0.29, 0.717) is 19.7 Å². The topological polar surface area (TPSA) is 101 Å². The molecule has 0 atom stereocenters. The van der Waals surface area contributed by atoms with Gasteiger partial charge in [0.2, 0.25) is 5.69 Å². The number of nitrogens with zero attached hydrogens (tertiary/aromatic N) is 3. The highest BCUT2D eigenvalue weighted by Crippen LogP contribution is 2.22. The lowest BCUT2D eigenvalue weighted by atomic mass is 10.1. The van der Waals surface area contributed by atoms with E-state index in [-0.39, 0.29) is 11.7 Å². The van der Waals surface area contributed by atoms with Gasteiger partial charge in [-0.1, -0.05) is 0 Å². The van der Waals surface area contributed by atoms with Crippen molar-refractivity contribution < 1.29 is 14.5 Å². The Morgan fingerprint density at radius 2 is 2.16 bits per heavy atom. The predicted molar refractivity (Wildman–Crippen MR) is 66.2 cm³/mol. The highest BCUT2D eigenvalue weighted by Gasteiger charge is 2.30. The SMILES string of the molecule is CCOc1nc(C(=O)N2CCCCC2)c([N+](=O)[O-])[nH]1. The van der Waals surface area contributed by atoms with Crippen LogP contribution in [0.2, 0.25) is 0 Å². The van der Waals surface area contributed by atoms with Crippen LogP contribution in [0.15, 0.2) is 0 Å². The van der Waals surface area contributed by atoms with E-state index in [4.69, 9.17) is 4.74 Å². The molecule has 0 bridgehead atoms. The third-order valence-corrected chi connectivity index (χ3v) is 2.97. The molecule has 2 heterocycles. The van der Waals surface area contributed by atoms with Crippen LogP contribution in [0.1, 0.15) is 36.7 Å². The van der Waals surface area contributed by atoms with Crippen LogP contribution >= 0.6 is 0 Å². The Kier molecular flexibility index (Phi) is 3.98. The van der Waals surface area contributed by atoms with Gasteiger partial charge in [0.05, 0.1) is 6.61 Å². The number of carbonyl (C=O) groups excluding carboxylic acids is 1. The quantitative estimate of drug-likeness (QED) is 0.656. The fraction of sp³-hybridized carbons (Fsp3) is 0.636. The predicted octanol–water partition coefficient (Wildman–Crippen LogP) is 1.34. The maximum Gasteiger partial charge on any atom is 0.389 e. The van der Waals surface area contributed by atoms with Gasteiger partial charge in [-0.15, -0.1) is 0 Å². The third kappa shape index (κ3) is 2.83. The Balaban J connectivity index is 2.25. The molecule has 0 unspecified atom stereocenters. The molecule has 0 aliphatic carbocycles. The number of rotatable bonds is 4. The Morgan fingerprint density at radius 3 is 2.74 bits per heavy atom. The molecule has 1 aromatic rings. The van der Waals surface area contributed by atoms with Gasteiger partial charge in [-0.2, -0.15) is 9.97 Å². The van der Waals surface area contributed by atoms with E-state index < -0.39 is 16.6 Å². The number of imidazole rings is 1. The van der Waals surface area contributed by atoms with Crippen LogP contribution in [0.4, 0.5) is 5.82 Å². The summed E-state index contributed by atoms with van der Waals surface area (Å²) >= 11 is 0. The number of carbonyl (C=O) groups is 1. The Bertz CT molecular complexity index is 479. The molecule has 2 rings (SSSR count). The lowest BCUT2D eigenvalue weighted by molar-refractivity contribution is -0.389. The fourth-order valence-electron chi connectivity index (χ4n) is 2.08.